The first-order chi connectivity index (χ1) is 21.0. The molecule has 0 unspecified atom stereocenters. The molecule has 0 aromatic heterocycles. The van der Waals surface area contributed by atoms with E-state index in [0.717, 1.165) is 13.8 Å². The van der Waals surface area contributed by atoms with Gasteiger partial charge >= 0.3 is 17.9 Å². The first kappa shape index (κ1) is 31.9. The van der Waals surface area contributed by atoms with Crippen molar-refractivity contribution >= 4 is 41.1 Å². The predicted octanol–water partition coefficient (Wildman–Crippen LogP) is 1.49. The summed E-state index contributed by atoms with van der Waals surface area (Å²) < 4.78 is 27.7. The fourth-order valence-electron chi connectivity index (χ4n) is 4.83. The third kappa shape index (κ3) is 7.89. The van der Waals surface area contributed by atoms with Gasteiger partial charge in [0.15, 0.2) is 17.9 Å². The third-order valence-corrected chi connectivity index (χ3v) is 6.54. The van der Waals surface area contributed by atoms with Crippen LogP contribution in [0.15, 0.2) is 59.8 Å². The van der Waals surface area contributed by atoms with Gasteiger partial charge in [0.25, 0.3) is 12.2 Å². The Morgan fingerprint density at radius 3 is 2.20 bits per heavy atom. The zero-order valence-electron chi connectivity index (χ0n) is 24.6. The summed E-state index contributed by atoms with van der Waals surface area (Å²) in [5, 5.41) is 6.71. The van der Waals surface area contributed by atoms with Crippen LogP contribution in [0.5, 0.6) is 5.75 Å². The molecule has 1 fully saturated rings. The Bertz CT molecular complexity index is 1410. The second-order valence-corrected chi connectivity index (χ2v) is 9.90. The number of oxime groups is 1. The molecule has 5 atom stereocenters. The number of amides is 2. The highest BCUT2D eigenvalue weighted by Crippen LogP contribution is 2.31. The van der Waals surface area contributed by atoms with Crippen LogP contribution in [0.3, 0.4) is 0 Å². The van der Waals surface area contributed by atoms with Crippen molar-refractivity contribution in [1.82, 2.24) is 5.32 Å². The molecule has 0 saturated carbocycles. The van der Waals surface area contributed by atoms with Crippen LogP contribution < -0.4 is 15.0 Å². The monoisotopic (exact) mass is 611 g/mol. The van der Waals surface area contributed by atoms with Crippen LogP contribution in [0.2, 0.25) is 0 Å². The highest BCUT2D eigenvalue weighted by Gasteiger charge is 2.52. The molecule has 2 amide bonds. The maximum atomic E-state index is 13.5. The van der Waals surface area contributed by atoms with Gasteiger partial charge in [-0.1, -0.05) is 41.6 Å². The molecule has 1 saturated heterocycles. The van der Waals surface area contributed by atoms with E-state index in [1.807, 2.05) is 18.2 Å². The lowest BCUT2D eigenvalue weighted by molar-refractivity contribution is -0.278. The van der Waals surface area contributed by atoms with Crippen LogP contribution in [0, 0.1) is 0 Å². The lowest BCUT2D eigenvalue weighted by atomic mass is 9.96. The van der Waals surface area contributed by atoms with E-state index in [1.165, 1.54) is 18.7 Å². The lowest BCUT2D eigenvalue weighted by Crippen LogP contribution is -2.66. The average Bonchev–Trinajstić information content (AvgIpc) is 3.23. The number of carbonyl (C=O) groups is 5. The molecule has 2 aliphatic heterocycles. The molecule has 1 N–H and O–H groups in total. The highest BCUT2D eigenvalue weighted by atomic mass is 16.8. The Morgan fingerprint density at radius 1 is 0.886 bits per heavy atom. The summed E-state index contributed by atoms with van der Waals surface area (Å²) >= 11 is 0. The second kappa shape index (κ2) is 14.5. The Balaban J connectivity index is 1.62. The number of esters is 3. The molecular formula is C30H33N3O11. The minimum atomic E-state index is -1.47. The van der Waals surface area contributed by atoms with E-state index in [-0.39, 0.29) is 18.9 Å². The summed E-state index contributed by atoms with van der Waals surface area (Å²) in [4.78, 5) is 68.6. The van der Waals surface area contributed by atoms with Gasteiger partial charge < -0.3 is 38.7 Å². The summed E-state index contributed by atoms with van der Waals surface area (Å²) in [5.74, 6) is -2.51. The van der Waals surface area contributed by atoms with Crippen molar-refractivity contribution in [2.75, 3.05) is 24.7 Å². The van der Waals surface area contributed by atoms with Gasteiger partial charge in [-0.3, -0.25) is 24.0 Å². The van der Waals surface area contributed by atoms with Gasteiger partial charge in [-0.25, -0.2) is 0 Å². The predicted molar refractivity (Wildman–Crippen MR) is 152 cm³/mol. The van der Waals surface area contributed by atoms with Crippen LogP contribution in [0.1, 0.15) is 33.3 Å². The van der Waals surface area contributed by atoms with Crippen molar-refractivity contribution < 1.29 is 52.5 Å². The van der Waals surface area contributed by atoms with Gasteiger partial charge in [0.05, 0.1) is 12.2 Å². The fraction of sp³-hybridized carbons (Fsp3) is 0.400. The largest absolute Gasteiger partial charge is 0.492 e. The maximum Gasteiger partial charge on any atom is 0.303 e. The number of ether oxygens (including phenoxy) is 5. The summed E-state index contributed by atoms with van der Waals surface area (Å²) in [6.45, 7) is 4.65. The molecule has 4 rings (SSSR count). The first-order valence-corrected chi connectivity index (χ1v) is 13.8. The van der Waals surface area contributed by atoms with E-state index in [9.17, 15) is 24.0 Å². The number of nitrogens with zero attached hydrogens (tertiary/aromatic N) is 2. The van der Waals surface area contributed by atoms with Crippen molar-refractivity contribution in [2.24, 2.45) is 5.16 Å². The number of benzene rings is 2. The number of fused-ring (bicyclic) bond motifs is 1. The molecule has 0 aliphatic carbocycles. The summed E-state index contributed by atoms with van der Waals surface area (Å²) in [6.07, 6.45) is -5.30. The molecule has 14 heteroatoms. The maximum absolute atomic E-state index is 13.5. The van der Waals surface area contributed by atoms with E-state index in [1.54, 1.807) is 36.4 Å². The molecule has 2 aromatic rings. The number of carbonyl (C=O) groups excluding carboxylic acids is 5. The number of para-hydroxylation sites is 2. The molecule has 0 spiro atoms. The highest BCUT2D eigenvalue weighted by molar-refractivity contribution is 6.54. The van der Waals surface area contributed by atoms with Crippen molar-refractivity contribution in [3.05, 3.63) is 60.2 Å². The van der Waals surface area contributed by atoms with Crippen LogP contribution in [-0.4, -0.2) is 85.8 Å². The topological polar surface area (TPSA) is 168 Å². The number of hydrogen-bond acceptors (Lipinski definition) is 12. The van der Waals surface area contributed by atoms with Crippen molar-refractivity contribution in [2.45, 2.75) is 58.3 Å². The second-order valence-electron chi connectivity index (χ2n) is 9.90. The fourth-order valence-corrected chi connectivity index (χ4v) is 4.83. The van der Waals surface area contributed by atoms with Crippen LogP contribution in [0.4, 0.5) is 5.69 Å². The van der Waals surface area contributed by atoms with Crippen LogP contribution >= 0.6 is 0 Å². The van der Waals surface area contributed by atoms with Gasteiger partial charge in [0, 0.05) is 33.3 Å². The molecule has 0 bridgehead atoms. The Hall–Kier alpha value is -4.98. The molecule has 0 radical (unpaired) electrons. The molecular weight excluding hydrogens is 578 g/mol. The van der Waals surface area contributed by atoms with Gasteiger partial charge in [-0.15, -0.1) is 0 Å². The van der Waals surface area contributed by atoms with Gasteiger partial charge in [-0.2, -0.15) is 0 Å². The summed E-state index contributed by atoms with van der Waals surface area (Å²) in [7, 11) is 0. The number of nitrogens with one attached hydrogen (secondary N) is 1. The minimum Gasteiger partial charge on any atom is -0.492 e. The van der Waals surface area contributed by atoms with E-state index in [4.69, 9.17) is 28.5 Å². The number of anilines is 1. The number of rotatable bonds is 11. The van der Waals surface area contributed by atoms with Crippen LogP contribution in [0.25, 0.3) is 0 Å². The Labute approximate surface area is 253 Å². The quantitative estimate of drug-likeness (QED) is 0.222. The lowest BCUT2D eigenvalue weighted by Gasteiger charge is -2.43. The zero-order chi connectivity index (χ0) is 31.8. The molecule has 234 valence electrons. The van der Waals surface area contributed by atoms with Crippen molar-refractivity contribution in [1.29, 1.82) is 0 Å². The van der Waals surface area contributed by atoms with Crippen molar-refractivity contribution in [3.8, 4) is 5.75 Å². The van der Waals surface area contributed by atoms with E-state index in [2.05, 4.69) is 10.5 Å². The summed E-state index contributed by atoms with van der Waals surface area (Å²) in [6, 6.07) is 14.9. The van der Waals surface area contributed by atoms with Gasteiger partial charge in [-0.05, 0) is 18.2 Å². The normalized spacial score (nSPS) is 23.4. The zero-order valence-corrected chi connectivity index (χ0v) is 24.6. The molecule has 2 heterocycles. The van der Waals surface area contributed by atoms with Crippen LogP contribution in [-0.2, 0) is 47.8 Å². The van der Waals surface area contributed by atoms with E-state index < -0.39 is 67.0 Å². The standard InChI is InChI=1S/C30H33N3O11/c1-17(34)31-26-28(42-20(4)37)27(41-19(3)36)24(16-40-18(2)35)43-30(26)44-32-25-22-12-8-9-13-23(22)33(29(25)38)14-15-39-21-10-6-5-7-11-21/h5-13,24,26-28,30H,14-16H2,1-4H3,(H,31,34)/b32-25+/t24-,26-,27+,28-,30+/m0/s1. The third-order valence-electron chi connectivity index (χ3n) is 6.54. The molecule has 44 heavy (non-hydrogen) atoms. The van der Waals surface area contributed by atoms with E-state index in [0.29, 0.717) is 17.0 Å². The Morgan fingerprint density at radius 2 is 1.55 bits per heavy atom. The van der Waals surface area contributed by atoms with Gasteiger partial charge in [0.1, 0.15) is 31.1 Å². The molecule has 14 nitrogen and oxygen atoms in total. The van der Waals surface area contributed by atoms with Crippen molar-refractivity contribution in [3.63, 3.8) is 0 Å². The van der Waals surface area contributed by atoms with Gasteiger partial charge in [0.2, 0.25) is 5.91 Å². The Kier molecular flexibility index (Phi) is 10.5. The molecule has 2 aromatic carbocycles. The number of hydrogen-bond donors (Lipinski definition) is 1. The smallest absolute Gasteiger partial charge is 0.303 e. The van der Waals surface area contributed by atoms with E-state index >= 15 is 0 Å². The summed E-state index contributed by atoms with van der Waals surface area (Å²) in [5.41, 5.74) is 1.02. The molecule has 2 aliphatic rings. The SMILES string of the molecule is CC(=O)N[C@@H]1[C@@H](O/N=C2/C(=O)N(CCOc3ccccc3)c3ccccc32)O[C@@H](COC(C)=O)[C@@H](OC(C)=O)[C@H]1OC(C)=O. The minimum absolute atomic E-state index is 0.0480. The first-order valence-electron chi connectivity index (χ1n) is 13.8. The average molecular weight is 612 g/mol.